The first kappa shape index (κ1) is 2.33. The summed E-state index contributed by atoms with van der Waals surface area (Å²) >= 11 is 0. The predicted molar refractivity (Wildman–Crippen MR) is 34.2 cm³/mol. The van der Waals surface area contributed by atoms with Gasteiger partial charge in [-0.25, -0.2) is 0 Å². The molecule has 0 amide bonds. The van der Waals surface area contributed by atoms with Crippen LogP contribution in [0.5, 0.6) is 0 Å². The summed E-state index contributed by atoms with van der Waals surface area (Å²) in [5.41, 5.74) is 10.7. The Morgan fingerprint density at radius 3 is 2.88 bits per heavy atom. The number of hydrogen-bond acceptors (Lipinski definition) is 2. The average Bonchev–Trinajstić information content (AvgIpc) is 1.96. The highest BCUT2D eigenvalue weighted by atomic mass is 14.8. The van der Waals surface area contributed by atoms with Gasteiger partial charge in [-0.1, -0.05) is 24.3 Å². The fourth-order valence-electron chi connectivity index (χ4n) is 0.413. The van der Waals surface area contributed by atoms with Crippen LogP contribution in [0.2, 0.25) is 0 Å². The lowest BCUT2D eigenvalue weighted by molar-refractivity contribution is 0.699. The molecule has 1 rings (SSSR count). The molecule has 0 aromatic heterocycles. The van der Waals surface area contributed by atoms with Crippen molar-refractivity contribution in [3.8, 4) is 0 Å². The van der Waals surface area contributed by atoms with Crippen LogP contribution in [0.25, 0.3) is 0 Å². The van der Waals surface area contributed by atoms with E-state index in [9.17, 15) is 0 Å². The van der Waals surface area contributed by atoms with Gasteiger partial charge in [-0.05, 0) is 0 Å². The molecule has 0 saturated heterocycles. The second kappa shape index (κ2) is 2.11. The van der Waals surface area contributed by atoms with Crippen molar-refractivity contribution in [1.29, 1.82) is 0 Å². The van der Waals surface area contributed by atoms with Crippen molar-refractivity contribution in [2.24, 2.45) is 11.5 Å². The van der Waals surface area contributed by atoms with Crippen LogP contribution in [-0.2, 0) is 0 Å². The molecule has 0 fully saturated rings. The van der Waals surface area contributed by atoms with Crippen LogP contribution < -0.4 is 11.5 Å². The van der Waals surface area contributed by atoms with Crippen molar-refractivity contribution in [2.75, 3.05) is 0 Å². The highest BCUT2D eigenvalue weighted by molar-refractivity contribution is 5.18. The quantitative estimate of drug-likeness (QED) is 0.457. The van der Waals surface area contributed by atoms with Crippen molar-refractivity contribution in [3.63, 3.8) is 0 Å². The molecule has 0 aliphatic heterocycles. The lowest BCUT2D eigenvalue weighted by Gasteiger charge is -2.13. The molecule has 0 aromatic rings. The average molecular weight is 114 g/mol. The van der Waals surface area contributed by atoms with Crippen molar-refractivity contribution in [2.45, 2.75) is 12.0 Å². The molecule has 0 radical (unpaired) electrons. The van der Waals surface area contributed by atoms with Crippen LogP contribution >= 0.6 is 0 Å². The predicted octanol–water partition coefficient (Wildman–Crippen LogP) is -0.233. The summed E-state index contributed by atoms with van der Waals surface area (Å²) in [6, 6.07) is -4.45. The zero-order valence-corrected chi connectivity index (χ0v) is 4.31. The maximum absolute atomic E-state index is 7.41. The molecule has 2 atom stereocenters. The highest BCUT2D eigenvalue weighted by Gasteiger charge is 2.06. The Hall–Kier alpha value is -0.600. The van der Waals surface area contributed by atoms with E-state index in [1.807, 2.05) is 0 Å². The van der Waals surface area contributed by atoms with Crippen LogP contribution in [0.3, 0.4) is 0 Å². The Labute approximate surface area is 54.5 Å². The fourth-order valence-corrected chi connectivity index (χ4v) is 0.413. The van der Waals surface area contributed by atoms with Crippen molar-refractivity contribution in [1.82, 2.24) is 0 Å². The molecule has 0 aromatic carbocycles. The largest absolute Gasteiger partial charge is 0.323 e. The van der Waals surface area contributed by atoms with E-state index >= 15 is 0 Å². The number of hydrogen-bond donors (Lipinski definition) is 2. The molecule has 4 N–H and O–H groups in total. The van der Waals surface area contributed by atoms with Crippen LogP contribution in [0.1, 0.15) is 5.48 Å². The minimum Gasteiger partial charge on any atom is -0.323 e. The number of nitrogens with two attached hydrogens (primary N) is 2. The van der Waals surface area contributed by atoms with Gasteiger partial charge >= 0.3 is 0 Å². The molecule has 8 heavy (non-hydrogen) atoms. The van der Waals surface area contributed by atoms with Gasteiger partial charge in [0.25, 0.3) is 0 Å². The lowest BCUT2D eigenvalue weighted by atomic mass is 10.1. The summed E-state index contributed by atoms with van der Waals surface area (Å²) in [5, 5.41) is 0. The zero-order chi connectivity index (χ0) is 9.57. The zero-order valence-electron chi connectivity index (χ0n) is 8.31. The molecule has 1 aliphatic rings. The van der Waals surface area contributed by atoms with E-state index in [2.05, 4.69) is 0 Å². The molecule has 2 unspecified atom stereocenters. The van der Waals surface area contributed by atoms with Crippen LogP contribution in [-0.4, -0.2) is 12.0 Å². The first-order valence-corrected chi connectivity index (χ1v) is 2.24. The van der Waals surface area contributed by atoms with E-state index < -0.39 is 18.1 Å². The standard InChI is InChI=1S/C6H10N2/c7-5-3-1-2-4-6(5)8/h1-6H,7-8H2/i1D,3D,5D,6D. The third-order valence-electron chi connectivity index (χ3n) is 0.864. The second-order valence-corrected chi connectivity index (χ2v) is 1.47. The molecule has 0 heterocycles. The van der Waals surface area contributed by atoms with Gasteiger partial charge in [0.2, 0.25) is 0 Å². The van der Waals surface area contributed by atoms with Crippen molar-refractivity contribution < 1.29 is 5.48 Å². The van der Waals surface area contributed by atoms with Gasteiger partial charge < -0.3 is 11.5 Å². The van der Waals surface area contributed by atoms with Gasteiger partial charge in [0.05, 0.1) is 5.48 Å². The molecule has 2 nitrogen and oxygen atoms in total. The van der Waals surface area contributed by atoms with Gasteiger partial charge in [0, 0.05) is 12.0 Å². The maximum atomic E-state index is 7.41. The van der Waals surface area contributed by atoms with Gasteiger partial charge in [-0.3, -0.25) is 0 Å². The van der Waals surface area contributed by atoms with Gasteiger partial charge in [-0.2, -0.15) is 0 Å². The third kappa shape index (κ3) is 0.967. The maximum Gasteiger partial charge on any atom is 0.0620 e. The smallest absolute Gasteiger partial charge is 0.0620 e. The van der Waals surface area contributed by atoms with Crippen molar-refractivity contribution in [3.05, 3.63) is 24.3 Å². The summed E-state index contributed by atoms with van der Waals surface area (Å²) in [5.74, 6) is 0. The van der Waals surface area contributed by atoms with E-state index in [1.165, 1.54) is 6.08 Å². The number of rotatable bonds is 0. The first-order chi connectivity index (χ1) is 5.29. The normalized spacial score (nSPS) is 63.8. The van der Waals surface area contributed by atoms with Crippen LogP contribution in [0.15, 0.2) is 24.3 Å². The van der Waals surface area contributed by atoms with Gasteiger partial charge in [-0.15, -0.1) is 0 Å². The molecule has 0 bridgehead atoms. The van der Waals surface area contributed by atoms with E-state index in [-0.39, 0.29) is 6.05 Å². The number of allylic oxidation sites excluding steroid dienone is 2. The van der Waals surface area contributed by atoms with E-state index in [1.54, 1.807) is 0 Å². The first-order valence-electron chi connectivity index (χ1n) is 4.24. The summed E-state index contributed by atoms with van der Waals surface area (Å²) in [4.78, 5) is 0. The van der Waals surface area contributed by atoms with Crippen LogP contribution in [0.4, 0.5) is 0 Å². The lowest BCUT2D eigenvalue weighted by Crippen LogP contribution is -2.39. The molecule has 44 valence electrons. The SMILES string of the molecule is [2H]C1=C([2H])C([2H])(N)C([2H])(N)C=C1. The minimum atomic E-state index is -2.03. The molecule has 0 saturated carbocycles. The molecule has 2 heteroatoms. The van der Waals surface area contributed by atoms with E-state index in [0.717, 1.165) is 6.08 Å². The van der Waals surface area contributed by atoms with Gasteiger partial charge in [0.1, 0.15) is 0 Å². The summed E-state index contributed by atoms with van der Waals surface area (Å²) in [6.07, 6.45) is 2.37. The Kier molecular flexibility index (Phi) is 0.616. The van der Waals surface area contributed by atoms with Crippen LogP contribution in [0, 0.1) is 0 Å². The summed E-state index contributed by atoms with van der Waals surface area (Å²) in [6.45, 7) is 0. The second-order valence-electron chi connectivity index (χ2n) is 1.47. The third-order valence-corrected chi connectivity index (χ3v) is 0.864. The van der Waals surface area contributed by atoms with Gasteiger partial charge in [0.15, 0.2) is 0 Å². The molecule has 1 aliphatic carbocycles. The topological polar surface area (TPSA) is 52.0 Å². The van der Waals surface area contributed by atoms with Crippen molar-refractivity contribution >= 4 is 0 Å². The molecular weight excluding hydrogens is 100 g/mol. The van der Waals surface area contributed by atoms with E-state index in [4.69, 9.17) is 17.0 Å². The molecule has 0 spiro atoms. The monoisotopic (exact) mass is 114 g/mol. The summed E-state index contributed by atoms with van der Waals surface area (Å²) in [7, 11) is 0. The Morgan fingerprint density at radius 1 is 1.50 bits per heavy atom. The Morgan fingerprint density at radius 2 is 2.25 bits per heavy atom. The molecular formula is C6H10N2. The fraction of sp³-hybridized carbons (Fsp3) is 0.333. The Balaban J connectivity index is 3.21. The minimum absolute atomic E-state index is 0.166. The summed E-state index contributed by atoms with van der Waals surface area (Å²) < 4.78 is 29.2. The highest BCUT2D eigenvalue weighted by Crippen LogP contribution is 1.97. The van der Waals surface area contributed by atoms with E-state index in [0.29, 0.717) is 0 Å². The Bertz CT molecular complexity index is 267.